The minimum atomic E-state index is -0.441. The number of rotatable bonds is 1. The molecule has 1 aromatic rings. The number of hydrogen-bond acceptors (Lipinski definition) is 1. The van der Waals surface area contributed by atoms with Crippen molar-refractivity contribution >= 4 is 27.5 Å². The Morgan fingerprint density at radius 2 is 2.18 bits per heavy atom. The van der Waals surface area contributed by atoms with E-state index in [1.54, 1.807) is 6.07 Å². The molecule has 1 rings (SSSR count). The largest absolute Gasteiger partial charge is 0.326 e. The van der Waals surface area contributed by atoms with Gasteiger partial charge in [0.05, 0.1) is 9.50 Å². The molecule has 0 saturated carbocycles. The molecule has 0 bridgehead atoms. The van der Waals surface area contributed by atoms with E-state index in [4.69, 9.17) is 17.3 Å². The van der Waals surface area contributed by atoms with E-state index in [2.05, 4.69) is 15.9 Å². The van der Waals surface area contributed by atoms with Crippen molar-refractivity contribution in [3.63, 3.8) is 0 Å². The quantitative estimate of drug-likeness (QED) is 0.748. The minimum Gasteiger partial charge on any atom is -0.326 e. The van der Waals surface area contributed by atoms with E-state index in [9.17, 15) is 4.39 Å². The SMILES string of the molecule is NCc1cc(Cl)c(F)c(Br)c1. The molecule has 0 aliphatic heterocycles. The fourth-order valence-corrected chi connectivity index (χ4v) is 1.59. The average molecular weight is 238 g/mol. The molecule has 11 heavy (non-hydrogen) atoms. The number of benzene rings is 1. The average Bonchev–Trinajstić information content (AvgIpc) is 1.99. The molecule has 0 amide bonds. The lowest BCUT2D eigenvalue weighted by Gasteiger charge is -2.00. The van der Waals surface area contributed by atoms with Crippen LogP contribution in [0.5, 0.6) is 0 Å². The van der Waals surface area contributed by atoms with Crippen LogP contribution in [-0.4, -0.2) is 0 Å². The summed E-state index contributed by atoms with van der Waals surface area (Å²) in [6.07, 6.45) is 0. The van der Waals surface area contributed by atoms with Crippen molar-refractivity contribution in [2.45, 2.75) is 6.54 Å². The highest BCUT2D eigenvalue weighted by atomic mass is 79.9. The van der Waals surface area contributed by atoms with Crippen LogP contribution in [0, 0.1) is 5.82 Å². The topological polar surface area (TPSA) is 26.0 Å². The molecular formula is C7H6BrClFN. The van der Waals surface area contributed by atoms with Crippen molar-refractivity contribution in [2.24, 2.45) is 5.73 Å². The summed E-state index contributed by atoms with van der Waals surface area (Å²) < 4.78 is 13.2. The predicted molar refractivity (Wildman–Crippen MR) is 47.0 cm³/mol. The fraction of sp³-hybridized carbons (Fsp3) is 0.143. The summed E-state index contributed by atoms with van der Waals surface area (Å²) in [4.78, 5) is 0. The Bertz CT molecular complexity index is 254. The lowest BCUT2D eigenvalue weighted by molar-refractivity contribution is 0.620. The van der Waals surface area contributed by atoms with Crippen molar-refractivity contribution in [1.29, 1.82) is 0 Å². The minimum absolute atomic E-state index is 0.0971. The van der Waals surface area contributed by atoms with Gasteiger partial charge in [0.1, 0.15) is 0 Å². The second-order valence-electron chi connectivity index (χ2n) is 2.08. The third-order valence-corrected chi connectivity index (χ3v) is 2.13. The highest BCUT2D eigenvalue weighted by Gasteiger charge is 2.05. The number of hydrogen-bond donors (Lipinski definition) is 1. The smallest absolute Gasteiger partial charge is 0.155 e. The van der Waals surface area contributed by atoms with E-state index >= 15 is 0 Å². The lowest BCUT2D eigenvalue weighted by atomic mass is 10.2. The number of halogens is 3. The summed E-state index contributed by atoms with van der Waals surface area (Å²) >= 11 is 8.56. The summed E-state index contributed by atoms with van der Waals surface area (Å²) in [5, 5.41) is 0.0971. The molecule has 0 spiro atoms. The highest BCUT2D eigenvalue weighted by molar-refractivity contribution is 9.10. The van der Waals surface area contributed by atoms with Gasteiger partial charge in [0.2, 0.25) is 0 Å². The Morgan fingerprint density at radius 1 is 1.55 bits per heavy atom. The van der Waals surface area contributed by atoms with Crippen LogP contribution in [-0.2, 0) is 6.54 Å². The van der Waals surface area contributed by atoms with Crippen LogP contribution in [0.1, 0.15) is 5.56 Å². The standard InChI is InChI=1S/C7H6BrClFN/c8-5-1-4(3-11)2-6(9)7(5)10/h1-2H,3,11H2. The molecular weight excluding hydrogens is 232 g/mol. The monoisotopic (exact) mass is 237 g/mol. The molecule has 0 heterocycles. The first-order chi connectivity index (χ1) is 5.15. The normalized spacial score (nSPS) is 10.2. The summed E-state index contributed by atoms with van der Waals surface area (Å²) in [6, 6.07) is 3.13. The Kier molecular flexibility index (Phi) is 2.87. The zero-order valence-corrected chi connectivity index (χ0v) is 7.91. The lowest BCUT2D eigenvalue weighted by Crippen LogP contribution is -1.96. The molecule has 60 valence electrons. The van der Waals surface area contributed by atoms with Crippen LogP contribution in [0.15, 0.2) is 16.6 Å². The second-order valence-corrected chi connectivity index (χ2v) is 3.34. The van der Waals surface area contributed by atoms with Gasteiger partial charge in [0, 0.05) is 6.54 Å². The Morgan fingerprint density at radius 3 is 2.64 bits per heavy atom. The van der Waals surface area contributed by atoms with Crippen LogP contribution in [0.4, 0.5) is 4.39 Å². The van der Waals surface area contributed by atoms with E-state index < -0.39 is 5.82 Å². The summed E-state index contributed by atoms with van der Waals surface area (Å²) in [5.74, 6) is -0.441. The van der Waals surface area contributed by atoms with Crippen LogP contribution >= 0.6 is 27.5 Å². The second kappa shape index (κ2) is 3.52. The molecule has 0 aliphatic rings. The zero-order chi connectivity index (χ0) is 8.43. The van der Waals surface area contributed by atoms with Gasteiger partial charge in [-0.3, -0.25) is 0 Å². The van der Waals surface area contributed by atoms with Crippen molar-refractivity contribution in [1.82, 2.24) is 0 Å². The van der Waals surface area contributed by atoms with Gasteiger partial charge >= 0.3 is 0 Å². The van der Waals surface area contributed by atoms with E-state index in [1.807, 2.05) is 0 Å². The Balaban J connectivity index is 3.21. The van der Waals surface area contributed by atoms with Crippen LogP contribution in [0.25, 0.3) is 0 Å². The van der Waals surface area contributed by atoms with Crippen molar-refractivity contribution in [3.8, 4) is 0 Å². The molecule has 0 aromatic heterocycles. The Hall–Kier alpha value is -0.120. The third kappa shape index (κ3) is 1.92. The van der Waals surface area contributed by atoms with Gasteiger partial charge in [-0.05, 0) is 33.6 Å². The molecule has 2 N–H and O–H groups in total. The van der Waals surface area contributed by atoms with E-state index in [1.165, 1.54) is 6.07 Å². The third-order valence-electron chi connectivity index (χ3n) is 1.28. The maximum Gasteiger partial charge on any atom is 0.155 e. The molecule has 0 unspecified atom stereocenters. The molecule has 4 heteroatoms. The Labute approximate surface area is 77.5 Å². The summed E-state index contributed by atoms with van der Waals surface area (Å²) in [6.45, 7) is 0.360. The maximum absolute atomic E-state index is 12.8. The molecule has 0 fully saturated rings. The van der Waals surface area contributed by atoms with E-state index in [-0.39, 0.29) is 5.02 Å². The van der Waals surface area contributed by atoms with Gasteiger partial charge < -0.3 is 5.73 Å². The molecule has 0 radical (unpaired) electrons. The molecule has 1 nitrogen and oxygen atoms in total. The molecule has 0 atom stereocenters. The van der Waals surface area contributed by atoms with Gasteiger partial charge in [-0.2, -0.15) is 0 Å². The molecule has 0 aliphatic carbocycles. The van der Waals surface area contributed by atoms with Crippen molar-refractivity contribution in [2.75, 3.05) is 0 Å². The maximum atomic E-state index is 12.8. The van der Waals surface area contributed by atoms with Crippen molar-refractivity contribution < 1.29 is 4.39 Å². The molecule has 0 saturated heterocycles. The van der Waals surface area contributed by atoms with Crippen LogP contribution in [0.2, 0.25) is 5.02 Å². The number of nitrogens with two attached hydrogens (primary N) is 1. The zero-order valence-electron chi connectivity index (χ0n) is 5.57. The van der Waals surface area contributed by atoms with Gasteiger partial charge in [-0.1, -0.05) is 11.6 Å². The van der Waals surface area contributed by atoms with Gasteiger partial charge in [-0.15, -0.1) is 0 Å². The van der Waals surface area contributed by atoms with E-state index in [0.717, 1.165) is 5.56 Å². The molecule has 1 aromatic carbocycles. The van der Waals surface area contributed by atoms with Crippen LogP contribution < -0.4 is 5.73 Å². The van der Waals surface area contributed by atoms with Gasteiger partial charge in [0.25, 0.3) is 0 Å². The summed E-state index contributed by atoms with van der Waals surface area (Å²) in [5.41, 5.74) is 6.14. The summed E-state index contributed by atoms with van der Waals surface area (Å²) in [7, 11) is 0. The van der Waals surface area contributed by atoms with Gasteiger partial charge in [0.15, 0.2) is 5.82 Å². The first-order valence-corrected chi connectivity index (χ1v) is 4.15. The van der Waals surface area contributed by atoms with Gasteiger partial charge in [-0.25, -0.2) is 4.39 Å². The first kappa shape index (κ1) is 8.97. The fourth-order valence-electron chi connectivity index (χ4n) is 0.726. The predicted octanol–water partition coefficient (Wildman–Crippen LogP) is 2.70. The van der Waals surface area contributed by atoms with E-state index in [0.29, 0.717) is 11.0 Å². The van der Waals surface area contributed by atoms with Crippen molar-refractivity contribution in [3.05, 3.63) is 33.0 Å². The van der Waals surface area contributed by atoms with Crippen LogP contribution in [0.3, 0.4) is 0 Å². The highest BCUT2D eigenvalue weighted by Crippen LogP contribution is 2.24. The first-order valence-electron chi connectivity index (χ1n) is 2.98.